The van der Waals surface area contributed by atoms with Crippen LogP contribution in [0, 0.1) is 0 Å². The lowest BCUT2D eigenvalue weighted by Crippen LogP contribution is -2.06. The van der Waals surface area contributed by atoms with Gasteiger partial charge in [-0.1, -0.05) is 25.7 Å². The smallest absolute Gasteiger partial charge is 0.173 e. The SMILES string of the molecule is NCCCCCCc1nnc(CCCCCCN)nn1. The fraction of sp³-hybridized carbons (Fsp3) is 0.857. The molecular weight excluding hydrogens is 252 g/mol. The second-order valence-electron chi connectivity index (χ2n) is 5.14. The summed E-state index contributed by atoms with van der Waals surface area (Å²) in [7, 11) is 0. The molecule has 0 atom stereocenters. The standard InChI is InChI=1S/C14H28N6/c15-11-7-3-1-5-9-13-17-19-14(20-18-13)10-6-2-4-8-12-16/h1-12,15-16H2. The highest BCUT2D eigenvalue weighted by molar-refractivity contribution is 4.83. The Morgan fingerprint density at radius 1 is 0.500 bits per heavy atom. The number of hydrogen-bond donors (Lipinski definition) is 2. The number of nitrogens with zero attached hydrogens (tertiary/aromatic N) is 4. The van der Waals surface area contributed by atoms with Gasteiger partial charge in [-0.05, 0) is 38.8 Å². The van der Waals surface area contributed by atoms with Gasteiger partial charge in [0, 0.05) is 12.8 Å². The van der Waals surface area contributed by atoms with E-state index in [-0.39, 0.29) is 0 Å². The molecule has 0 amide bonds. The molecule has 0 radical (unpaired) electrons. The van der Waals surface area contributed by atoms with Crippen LogP contribution in [0.3, 0.4) is 0 Å². The van der Waals surface area contributed by atoms with Gasteiger partial charge in [0.2, 0.25) is 0 Å². The van der Waals surface area contributed by atoms with Crippen LogP contribution in [0.2, 0.25) is 0 Å². The van der Waals surface area contributed by atoms with Gasteiger partial charge in [0.1, 0.15) is 0 Å². The first kappa shape index (κ1) is 16.9. The Labute approximate surface area is 121 Å². The Morgan fingerprint density at radius 3 is 1.20 bits per heavy atom. The van der Waals surface area contributed by atoms with E-state index >= 15 is 0 Å². The first-order chi connectivity index (χ1) is 9.86. The third kappa shape index (κ3) is 8.12. The molecule has 6 nitrogen and oxygen atoms in total. The number of rotatable bonds is 12. The second kappa shape index (κ2) is 11.7. The topological polar surface area (TPSA) is 104 Å². The van der Waals surface area contributed by atoms with Crippen molar-refractivity contribution in [3.63, 3.8) is 0 Å². The summed E-state index contributed by atoms with van der Waals surface area (Å²) in [4.78, 5) is 0. The second-order valence-corrected chi connectivity index (χ2v) is 5.14. The summed E-state index contributed by atoms with van der Waals surface area (Å²) in [6, 6.07) is 0. The summed E-state index contributed by atoms with van der Waals surface area (Å²) < 4.78 is 0. The molecule has 1 rings (SSSR count). The van der Waals surface area contributed by atoms with Crippen molar-refractivity contribution < 1.29 is 0 Å². The van der Waals surface area contributed by atoms with Crippen molar-refractivity contribution in [3.8, 4) is 0 Å². The zero-order valence-corrected chi connectivity index (χ0v) is 12.4. The molecule has 1 aromatic heterocycles. The van der Waals surface area contributed by atoms with E-state index in [9.17, 15) is 0 Å². The van der Waals surface area contributed by atoms with Crippen molar-refractivity contribution >= 4 is 0 Å². The molecule has 0 spiro atoms. The molecule has 1 heterocycles. The van der Waals surface area contributed by atoms with Gasteiger partial charge >= 0.3 is 0 Å². The minimum atomic E-state index is 0.754. The van der Waals surface area contributed by atoms with Crippen LogP contribution in [-0.2, 0) is 12.8 Å². The molecule has 0 fully saturated rings. The molecule has 6 heteroatoms. The van der Waals surface area contributed by atoms with E-state index in [2.05, 4.69) is 20.4 Å². The van der Waals surface area contributed by atoms with Gasteiger partial charge in [0.05, 0.1) is 0 Å². The monoisotopic (exact) mass is 280 g/mol. The van der Waals surface area contributed by atoms with Crippen LogP contribution in [0.4, 0.5) is 0 Å². The largest absolute Gasteiger partial charge is 0.330 e. The minimum absolute atomic E-state index is 0.754. The number of aryl methyl sites for hydroxylation is 2. The van der Waals surface area contributed by atoms with Gasteiger partial charge < -0.3 is 11.5 Å². The Bertz CT molecular complexity index is 294. The van der Waals surface area contributed by atoms with Gasteiger partial charge in [-0.15, -0.1) is 20.4 Å². The molecule has 0 bridgehead atoms. The van der Waals surface area contributed by atoms with Crippen LogP contribution in [0.1, 0.15) is 63.0 Å². The lowest BCUT2D eigenvalue weighted by Gasteiger charge is -2.01. The highest BCUT2D eigenvalue weighted by atomic mass is 15.3. The Hall–Kier alpha value is -1.14. The van der Waals surface area contributed by atoms with Crippen molar-refractivity contribution in [1.29, 1.82) is 0 Å². The van der Waals surface area contributed by atoms with Crippen molar-refractivity contribution in [1.82, 2.24) is 20.4 Å². The lowest BCUT2D eigenvalue weighted by molar-refractivity contribution is 0.595. The Balaban J connectivity index is 2.13. The molecule has 114 valence electrons. The summed E-state index contributed by atoms with van der Waals surface area (Å²) in [6.45, 7) is 1.55. The van der Waals surface area contributed by atoms with Crippen molar-refractivity contribution in [2.75, 3.05) is 13.1 Å². The number of nitrogens with two attached hydrogens (primary N) is 2. The molecule has 0 aliphatic heterocycles. The molecule has 0 aromatic carbocycles. The van der Waals surface area contributed by atoms with Crippen molar-refractivity contribution in [3.05, 3.63) is 11.6 Å². The quantitative estimate of drug-likeness (QED) is 0.561. The van der Waals surface area contributed by atoms with Crippen LogP contribution >= 0.6 is 0 Å². The van der Waals surface area contributed by atoms with E-state index in [0.29, 0.717) is 0 Å². The van der Waals surface area contributed by atoms with E-state index < -0.39 is 0 Å². The third-order valence-electron chi connectivity index (χ3n) is 3.27. The first-order valence-corrected chi connectivity index (χ1v) is 7.82. The zero-order valence-electron chi connectivity index (χ0n) is 12.4. The van der Waals surface area contributed by atoms with Crippen LogP contribution in [0.5, 0.6) is 0 Å². The maximum atomic E-state index is 5.45. The zero-order chi connectivity index (χ0) is 14.5. The average Bonchev–Trinajstić information content (AvgIpc) is 2.48. The van der Waals surface area contributed by atoms with Gasteiger partial charge in [-0.25, -0.2) is 0 Å². The fourth-order valence-electron chi connectivity index (χ4n) is 2.03. The number of aromatic nitrogens is 4. The van der Waals surface area contributed by atoms with E-state index in [1.54, 1.807) is 0 Å². The van der Waals surface area contributed by atoms with E-state index in [0.717, 1.165) is 63.3 Å². The molecular formula is C14H28N6. The summed E-state index contributed by atoms with van der Waals surface area (Å²) in [6.07, 6.45) is 10.8. The van der Waals surface area contributed by atoms with Crippen LogP contribution in [0.25, 0.3) is 0 Å². The van der Waals surface area contributed by atoms with Gasteiger partial charge in [0.25, 0.3) is 0 Å². The molecule has 0 aliphatic rings. The van der Waals surface area contributed by atoms with Gasteiger partial charge in [-0.2, -0.15) is 0 Å². The normalized spacial score (nSPS) is 10.9. The Kier molecular flexibility index (Phi) is 9.87. The fourth-order valence-corrected chi connectivity index (χ4v) is 2.03. The maximum Gasteiger partial charge on any atom is 0.173 e. The van der Waals surface area contributed by atoms with Gasteiger partial charge in [0.15, 0.2) is 11.6 Å². The van der Waals surface area contributed by atoms with Crippen LogP contribution in [-0.4, -0.2) is 33.5 Å². The van der Waals surface area contributed by atoms with Gasteiger partial charge in [-0.3, -0.25) is 0 Å². The number of unbranched alkanes of at least 4 members (excludes halogenated alkanes) is 6. The molecule has 0 saturated heterocycles. The molecule has 0 saturated carbocycles. The first-order valence-electron chi connectivity index (χ1n) is 7.82. The predicted octanol–water partition coefficient (Wildman–Crippen LogP) is 1.39. The maximum absolute atomic E-state index is 5.45. The molecule has 1 aromatic rings. The number of hydrogen-bond acceptors (Lipinski definition) is 6. The Morgan fingerprint density at radius 2 is 0.850 bits per heavy atom. The lowest BCUT2D eigenvalue weighted by atomic mass is 10.1. The van der Waals surface area contributed by atoms with E-state index in [4.69, 9.17) is 11.5 Å². The molecule has 0 unspecified atom stereocenters. The summed E-state index contributed by atoms with van der Waals surface area (Å²) in [5, 5.41) is 16.6. The van der Waals surface area contributed by atoms with Crippen molar-refractivity contribution in [2.24, 2.45) is 11.5 Å². The van der Waals surface area contributed by atoms with Crippen LogP contribution in [0.15, 0.2) is 0 Å². The molecule has 0 aliphatic carbocycles. The van der Waals surface area contributed by atoms with E-state index in [1.165, 1.54) is 25.7 Å². The predicted molar refractivity (Wildman–Crippen MR) is 80.1 cm³/mol. The summed E-state index contributed by atoms with van der Waals surface area (Å²) >= 11 is 0. The minimum Gasteiger partial charge on any atom is -0.330 e. The molecule has 20 heavy (non-hydrogen) atoms. The van der Waals surface area contributed by atoms with E-state index in [1.807, 2.05) is 0 Å². The summed E-state index contributed by atoms with van der Waals surface area (Å²) in [5.74, 6) is 1.51. The summed E-state index contributed by atoms with van der Waals surface area (Å²) in [5.41, 5.74) is 10.9. The van der Waals surface area contributed by atoms with Crippen molar-refractivity contribution in [2.45, 2.75) is 64.2 Å². The highest BCUT2D eigenvalue weighted by Gasteiger charge is 2.02. The third-order valence-corrected chi connectivity index (χ3v) is 3.27. The average molecular weight is 280 g/mol. The van der Waals surface area contributed by atoms with Crippen LogP contribution < -0.4 is 11.5 Å². The molecule has 4 N–H and O–H groups in total. The highest BCUT2D eigenvalue weighted by Crippen LogP contribution is 2.04.